The summed E-state index contributed by atoms with van der Waals surface area (Å²) in [5, 5.41) is 3.16. The first-order chi connectivity index (χ1) is 18.5. The molecule has 2 amide bonds. The van der Waals surface area contributed by atoms with Crippen molar-refractivity contribution >= 4 is 27.5 Å². The van der Waals surface area contributed by atoms with Crippen molar-refractivity contribution < 1.29 is 22.7 Å². The number of nitrogens with one attached hydrogen (secondary N) is 1. The topological polar surface area (TPSA) is 96.0 Å². The molecular formula is C30H43N3O5S. The molecule has 214 valence electrons. The Morgan fingerprint density at radius 3 is 2.36 bits per heavy atom. The summed E-state index contributed by atoms with van der Waals surface area (Å²) in [6.07, 6.45) is 6.69. The molecule has 9 heteroatoms. The third kappa shape index (κ3) is 8.21. The van der Waals surface area contributed by atoms with Crippen LogP contribution in [0.25, 0.3) is 0 Å². The van der Waals surface area contributed by atoms with Gasteiger partial charge in [-0.05, 0) is 54.5 Å². The molecule has 8 nitrogen and oxygen atoms in total. The maximum atomic E-state index is 14.0. The van der Waals surface area contributed by atoms with Crippen molar-refractivity contribution in [1.82, 2.24) is 10.2 Å². The highest BCUT2D eigenvalue weighted by Crippen LogP contribution is 2.29. The van der Waals surface area contributed by atoms with Crippen LogP contribution in [0, 0.1) is 0 Å². The van der Waals surface area contributed by atoms with E-state index in [1.807, 2.05) is 57.2 Å². The second-order valence-corrected chi connectivity index (χ2v) is 12.5. The zero-order valence-electron chi connectivity index (χ0n) is 23.9. The van der Waals surface area contributed by atoms with Gasteiger partial charge in [0.1, 0.15) is 18.3 Å². The van der Waals surface area contributed by atoms with Crippen LogP contribution >= 0.6 is 0 Å². The Morgan fingerprint density at radius 2 is 1.74 bits per heavy atom. The van der Waals surface area contributed by atoms with Crippen LogP contribution in [0.4, 0.5) is 5.69 Å². The largest absolute Gasteiger partial charge is 0.497 e. The third-order valence-electron chi connectivity index (χ3n) is 7.33. The van der Waals surface area contributed by atoms with Gasteiger partial charge in [0, 0.05) is 12.6 Å². The number of methoxy groups -OCH3 is 1. The summed E-state index contributed by atoms with van der Waals surface area (Å²) in [5.74, 6) is 0.0582. The van der Waals surface area contributed by atoms with Gasteiger partial charge in [-0.3, -0.25) is 13.9 Å². The molecule has 2 aromatic carbocycles. The summed E-state index contributed by atoms with van der Waals surface area (Å²) in [6.45, 7) is 5.59. The van der Waals surface area contributed by atoms with E-state index in [0.717, 1.165) is 47.4 Å². The van der Waals surface area contributed by atoms with Crippen molar-refractivity contribution in [3.05, 3.63) is 59.7 Å². The van der Waals surface area contributed by atoms with Crippen molar-refractivity contribution in [2.24, 2.45) is 0 Å². The van der Waals surface area contributed by atoms with Crippen molar-refractivity contribution in [3.63, 3.8) is 0 Å². The Kier molecular flexibility index (Phi) is 10.8. The van der Waals surface area contributed by atoms with Crippen LogP contribution in [0.1, 0.15) is 76.3 Å². The van der Waals surface area contributed by atoms with Crippen LogP contribution < -0.4 is 14.4 Å². The first-order valence-electron chi connectivity index (χ1n) is 13.8. The summed E-state index contributed by atoms with van der Waals surface area (Å²) >= 11 is 0. The van der Waals surface area contributed by atoms with E-state index in [1.165, 1.54) is 11.3 Å². The van der Waals surface area contributed by atoms with Gasteiger partial charge in [-0.25, -0.2) is 8.42 Å². The minimum atomic E-state index is -3.80. The Morgan fingerprint density at radius 1 is 1.05 bits per heavy atom. The number of anilines is 1. The quantitative estimate of drug-likeness (QED) is 0.403. The summed E-state index contributed by atoms with van der Waals surface area (Å²) in [7, 11) is -2.22. The number of ether oxygens (including phenoxy) is 1. The smallest absolute Gasteiger partial charge is 0.244 e. The molecule has 1 N–H and O–H groups in total. The molecule has 39 heavy (non-hydrogen) atoms. The average Bonchev–Trinajstić information content (AvgIpc) is 2.91. The molecule has 1 atom stereocenters. The van der Waals surface area contributed by atoms with E-state index in [-0.39, 0.29) is 24.4 Å². The fourth-order valence-electron chi connectivity index (χ4n) is 5.23. The average molecular weight is 558 g/mol. The number of para-hydroxylation sites is 1. The second-order valence-electron chi connectivity index (χ2n) is 10.6. The Hall–Kier alpha value is -3.07. The molecule has 0 heterocycles. The molecule has 0 spiro atoms. The molecule has 0 saturated heterocycles. The molecule has 1 aliphatic carbocycles. The lowest BCUT2D eigenvalue weighted by Gasteiger charge is -2.34. The number of hydrogen-bond acceptors (Lipinski definition) is 5. The molecule has 1 saturated carbocycles. The van der Waals surface area contributed by atoms with E-state index < -0.39 is 28.5 Å². The monoisotopic (exact) mass is 557 g/mol. The maximum absolute atomic E-state index is 14.0. The third-order valence-corrected chi connectivity index (χ3v) is 8.46. The second kappa shape index (κ2) is 13.8. The number of carbonyl (C=O) groups is 2. The van der Waals surface area contributed by atoms with Crippen molar-refractivity contribution in [3.8, 4) is 5.75 Å². The molecule has 0 radical (unpaired) electrons. The maximum Gasteiger partial charge on any atom is 0.244 e. The number of rotatable bonds is 12. The molecule has 0 aromatic heterocycles. The molecule has 1 fully saturated rings. The van der Waals surface area contributed by atoms with Gasteiger partial charge in [0.05, 0.1) is 19.1 Å². The van der Waals surface area contributed by atoms with Gasteiger partial charge in [0.2, 0.25) is 21.8 Å². The fraction of sp³-hybridized carbons (Fsp3) is 0.533. The van der Waals surface area contributed by atoms with E-state index >= 15 is 0 Å². The van der Waals surface area contributed by atoms with Crippen LogP contribution in [-0.2, 0) is 26.2 Å². The SMILES string of the molecule is CCC(C(=O)NC1CCCCC1)N(Cc1cccc(OC)c1)C(=O)CN(c1ccccc1C(C)C)S(C)(=O)=O. The van der Waals surface area contributed by atoms with Crippen LogP contribution in [0.2, 0.25) is 0 Å². The van der Waals surface area contributed by atoms with Gasteiger partial charge < -0.3 is 15.0 Å². The van der Waals surface area contributed by atoms with E-state index in [4.69, 9.17) is 4.74 Å². The normalized spacial score (nSPS) is 15.0. The van der Waals surface area contributed by atoms with Gasteiger partial charge in [-0.2, -0.15) is 0 Å². The van der Waals surface area contributed by atoms with Gasteiger partial charge in [-0.1, -0.05) is 70.4 Å². The minimum Gasteiger partial charge on any atom is -0.497 e. The number of carbonyl (C=O) groups excluding carboxylic acids is 2. The van der Waals surface area contributed by atoms with Gasteiger partial charge in [0.15, 0.2) is 0 Å². The molecular weight excluding hydrogens is 514 g/mol. The summed E-state index contributed by atoms with van der Waals surface area (Å²) < 4.78 is 32.5. The summed E-state index contributed by atoms with van der Waals surface area (Å²) in [4.78, 5) is 29.1. The highest BCUT2D eigenvalue weighted by Gasteiger charge is 2.33. The Balaban J connectivity index is 1.97. The zero-order chi connectivity index (χ0) is 28.6. The number of nitrogens with zero attached hydrogens (tertiary/aromatic N) is 2. The molecule has 0 bridgehead atoms. The summed E-state index contributed by atoms with van der Waals surface area (Å²) in [5.41, 5.74) is 2.10. The van der Waals surface area contributed by atoms with Gasteiger partial charge in [0.25, 0.3) is 0 Å². The molecule has 1 aliphatic rings. The van der Waals surface area contributed by atoms with Crippen molar-refractivity contribution in [2.75, 3.05) is 24.2 Å². The van der Waals surface area contributed by atoms with Gasteiger partial charge in [-0.15, -0.1) is 0 Å². The Bertz CT molecular complexity index is 1220. The van der Waals surface area contributed by atoms with Crippen molar-refractivity contribution in [2.45, 2.75) is 83.8 Å². The van der Waals surface area contributed by atoms with Crippen LogP contribution in [0.3, 0.4) is 0 Å². The molecule has 1 unspecified atom stereocenters. The number of hydrogen-bond donors (Lipinski definition) is 1. The van der Waals surface area contributed by atoms with Crippen LogP contribution in [-0.4, -0.2) is 57.1 Å². The van der Waals surface area contributed by atoms with Crippen LogP contribution in [0.5, 0.6) is 5.75 Å². The highest BCUT2D eigenvalue weighted by molar-refractivity contribution is 7.92. The van der Waals surface area contributed by atoms with Crippen molar-refractivity contribution in [1.29, 1.82) is 0 Å². The molecule has 0 aliphatic heterocycles. The molecule has 2 aromatic rings. The minimum absolute atomic E-state index is 0.0538. The first-order valence-corrected chi connectivity index (χ1v) is 15.7. The van der Waals surface area contributed by atoms with E-state index in [9.17, 15) is 18.0 Å². The van der Waals surface area contributed by atoms with Crippen LogP contribution in [0.15, 0.2) is 48.5 Å². The lowest BCUT2D eigenvalue weighted by molar-refractivity contribution is -0.140. The predicted octanol–water partition coefficient (Wildman–Crippen LogP) is 4.84. The highest BCUT2D eigenvalue weighted by atomic mass is 32.2. The lowest BCUT2D eigenvalue weighted by Crippen LogP contribution is -2.54. The van der Waals surface area contributed by atoms with Gasteiger partial charge >= 0.3 is 0 Å². The standard InChI is InChI=1S/C30H43N3O5S/c1-6-27(30(35)31-24-14-8-7-9-15-24)32(20-23-13-12-16-25(19-23)38-4)29(34)21-33(39(5,36)37)28-18-11-10-17-26(28)22(2)3/h10-13,16-19,22,24,27H,6-9,14-15,20-21H2,1-5H3,(H,31,35). The number of amides is 2. The van der Waals surface area contributed by atoms with E-state index in [2.05, 4.69) is 5.32 Å². The predicted molar refractivity (Wildman–Crippen MR) is 155 cm³/mol. The van der Waals surface area contributed by atoms with E-state index in [1.54, 1.807) is 19.2 Å². The number of sulfonamides is 1. The zero-order valence-corrected chi connectivity index (χ0v) is 24.7. The number of benzene rings is 2. The summed E-state index contributed by atoms with van der Waals surface area (Å²) in [6, 6.07) is 13.9. The fourth-order valence-corrected chi connectivity index (χ4v) is 6.10. The lowest BCUT2D eigenvalue weighted by atomic mass is 9.95. The molecule has 3 rings (SSSR count). The first kappa shape index (κ1) is 30.5. The Labute approximate surface area is 233 Å². The van der Waals surface area contributed by atoms with E-state index in [0.29, 0.717) is 17.9 Å².